The molecule has 0 bridgehead atoms. The molecule has 1 atom stereocenters. The van der Waals surface area contributed by atoms with E-state index in [4.69, 9.17) is 0 Å². The van der Waals surface area contributed by atoms with Gasteiger partial charge in [0, 0.05) is 16.6 Å². The SMILES string of the molecule is CC(Sc1ccc(Br)cc1[N+](=O)[O-])C(=O)NC1CC1. The van der Waals surface area contributed by atoms with Gasteiger partial charge in [0.05, 0.1) is 15.1 Å². The number of nitrogens with zero attached hydrogens (tertiary/aromatic N) is 1. The first kappa shape index (κ1) is 14.3. The quantitative estimate of drug-likeness (QED) is 0.506. The molecule has 1 amide bonds. The molecule has 0 heterocycles. The van der Waals surface area contributed by atoms with E-state index in [1.807, 2.05) is 0 Å². The summed E-state index contributed by atoms with van der Waals surface area (Å²) >= 11 is 4.42. The summed E-state index contributed by atoms with van der Waals surface area (Å²) < 4.78 is 0.652. The highest BCUT2D eigenvalue weighted by molar-refractivity contribution is 9.10. The molecular formula is C12H13BrN2O3S. The first-order chi connectivity index (χ1) is 8.97. The number of nitro benzene ring substituents is 1. The molecular weight excluding hydrogens is 332 g/mol. The number of hydrogen-bond donors (Lipinski definition) is 1. The molecule has 19 heavy (non-hydrogen) atoms. The molecule has 0 radical (unpaired) electrons. The summed E-state index contributed by atoms with van der Waals surface area (Å²) in [7, 11) is 0. The van der Waals surface area contributed by atoms with E-state index in [0.29, 0.717) is 15.4 Å². The van der Waals surface area contributed by atoms with Crippen LogP contribution in [0.4, 0.5) is 5.69 Å². The van der Waals surface area contributed by atoms with Crippen LogP contribution >= 0.6 is 27.7 Å². The molecule has 1 aromatic rings. The number of nitro groups is 1. The second-order valence-electron chi connectivity index (χ2n) is 4.41. The van der Waals surface area contributed by atoms with Crippen LogP contribution < -0.4 is 5.32 Å². The average molecular weight is 345 g/mol. The minimum absolute atomic E-state index is 0.0189. The Morgan fingerprint density at radius 2 is 2.26 bits per heavy atom. The van der Waals surface area contributed by atoms with Gasteiger partial charge in [-0.15, -0.1) is 11.8 Å². The lowest BCUT2D eigenvalue weighted by molar-refractivity contribution is -0.387. The Kier molecular flexibility index (Phi) is 4.46. The number of benzene rings is 1. The maximum Gasteiger partial charge on any atom is 0.284 e. The van der Waals surface area contributed by atoms with Crippen LogP contribution in [0.1, 0.15) is 19.8 Å². The van der Waals surface area contributed by atoms with Gasteiger partial charge in [-0.1, -0.05) is 15.9 Å². The van der Waals surface area contributed by atoms with Crippen molar-refractivity contribution in [1.82, 2.24) is 5.32 Å². The van der Waals surface area contributed by atoms with E-state index in [-0.39, 0.29) is 16.8 Å². The van der Waals surface area contributed by atoms with Crippen LogP contribution in [0.15, 0.2) is 27.6 Å². The monoisotopic (exact) mass is 344 g/mol. The van der Waals surface area contributed by atoms with Gasteiger partial charge in [0.2, 0.25) is 5.91 Å². The van der Waals surface area contributed by atoms with Gasteiger partial charge in [-0.3, -0.25) is 14.9 Å². The summed E-state index contributed by atoms with van der Waals surface area (Å²) in [5.74, 6) is -0.0651. The molecule has 2 rings (SSSR count). The fraction of sp³-hybridized carbons (Fsp3) is 0.417. The van der Waals surface area contributed by atoms with Crippen molar-refractivity contribution in [2.75, 3.05) is 0 Å². The minimum Gasteiger partial charge on any atom is -0.352 e. The topological polar surface area (TPSA) is 72.2 Å². The van der Waals surface area contributed by atoms with Gasteiger partial charge >= 0.3 is 0 Å². The molecule has 102 valence electrons. The van der Waals surface area contributed by atoms with E-state index in [9.17, 15) is 14.9 Å². The lowest BCUT2D eigenvalue weighted by Crippen LogP contribution is -2.32. The van der Waals surface area contributed by atoms with Crippen molar-refractivity contribution in [3.8, 4) is 0 Å². The molecule has 0 aliphatic heterocycles. The van der Waals surface area contributed by atoms with Crippen molar-refractivity contribution in [2.24, 2.45) is 0 Å². The maximum atomic E-state index is 11.8. The average Bonchev–Trinajstić information content (AvgIpc) is 3.14. The highest BCUT2D eigenvalue weighted by Crippen LogP contribution is 2.34. The van der Waals surface area contributed by atoms with E-state index in [1.165, 1.54) is 17.8 Å². The van der Waals surface area contributed by atoms with Crippen LogP contribution in [0.5, 0.6) is 0 Å². The Labute approximate surface area is 123 Å². The lowest BCUT2D eigenvalue weighted by Gasteiger charge is -2.11. The molecule has 0 saturated heterocycles. The van der Waals surface area contributed by atoms with Crippen molar-refractivity contribution in [3.63, 3.8) is 0 Å². The van der Waals surface area contributed by atoms with Gasteiger partial charge in [0.1, 0.15) is 0 Å². The Morgan fingerprint density at radius 1 is 1.58 bits per heavy atom. The molecule has 7 heteroatoms. The van der Waals surface area contributed by atoms with Crippen LogP contribution in [-0.2, 0) is 4.79 Å². The van der Waals surface area contributed by atoms with Gasteiger partial charge in [0.25, 0.3) is 5.69 Å². The van der Waals surface area contributed by atoms with Crippen molar-refractivity contribution < 1.29 is 9.72 Å². The molecule has 1 fully saturated rings. The zero-order chi connectivity index (χ0) is 14.0. The fourth-order valence-corrected chi connectivity index (χ4v) is 2.83. The third-order valence-corrected chi connectivity index (χ3v) is 4.37. The molecule has 0 aromatic heterocycles. The number of thioether (sulfide) groups is 1. The van der Waals surface area contributed by atoms with Gasteiger partial charge < -0.3 is 5.32 Å². The molecule has 1 N–H and O–H groups in total. The first-order valence-corrected chi connectivity index (χ1v) is 7.55. The molecule has 1 saturated carbocycles. The Morgan fingerprint density at radius 3 is 2.84 bits per heavy atom. The third-order valence-electron chi connectivity index (χ3n) is 2.71. The number of carbonyl (C=O) groups is 1. The molecule has 1 aromatic carbocycles. The van der Waals surface area contributed by atoms with E-state index >= 15 is 0 Å². The van der Waals surface area contributed by atoms with Gasteiger partial charge in [-0.25, -0.2) is 0 Å². The lowest BCUT2D eigenvalue weighted by atomic mass is 10.3. The van der Waals surface area contributed by atoms with Crippen LogP contribution in [0.2, 0.25) is 0 Å². The Bertz CT molecular complexity index is 520. The summed E-state index contributed by atoms with van der Waals surface area (Å²) in [5, 5.41) is 13.5. The van der Waals surface area contributed by atoms with Crippen molar-refractivity contribution in [1.29, 1.82) is 0 Å². The molecule has 1 aliphatic rings. The van der Waals surface area contributed by atoms with Crippen LogP contribution in [0.3, 0.4) is 0 Å². The number of halogens is 1. The van der Waals surface area contributed by atoms with Gasteiger partial charge in [-0.2, -0.15) is 0 Å². The number of amides is 1. The van der Waals surface area contributed by atoms with Crippen molar-refractivity contribution in [2.45, 2.75) is 36.0 Å². The second kappa shape index (κ2) is 5.92. The highest BCUT2D eigenvalue weighted by atomic mass is 79.9. The zero-order valence-corrected chi connectivity index (χ0v) is 12.7. The smallest absolute Gasteiger partial charge is 0.284 e. The summed E-state index contributed by atoms with van der Waals surface area (Å²) in [4.78, 5) is 22.9. The van der Waals surface area contributed by atoms with Crippen LogP contribution in [0, 0.1) is 10.1 Å². The number of nitrogens with one attached hydrogen (secondary N) is 1. The molecule has 0 spiro atoms. The van der Waals surface area contributed by atoms with Gasteiger partial charge in [-0.05, 0) is 31.9 Å². The number of carbonyl (C=O) groups excluding carboxylic acids is 1. The van der Waals surface area contributed by atoms with E-state index < -0.39 is 4.92 Å². The maximum absolute atomic E-state index is 11.8. The molecule has 1 aliphatic carbocycles. The van der Waals surface area contributed by atoms with Crippen LogP contribution in [-0.4, -0.2) is 22.1 Å². The summed E-state index contributed by atoms with van der Waals surface area (Å²) in [5.41, 5.74) is 0.0189. The van der Waals surface area contributed by atoms with Gasteiger partial charge in [0.15, 0.2) is 0 Å². The van der Waals surface area contributed by atoms with Crippen molar-refractivity contribution in [3.05, 3.63) is 32.8 Å². The fourth-order valence-electron chi connectivity index (χ4n) is 1.52. The molecule has 1 unspecified atom stereocenters. The largest absolute Gasteiger partial charge is 0.352 e. The standard InChI is InChI=1S/C12H13BrN2O3S/c1-7(12(16)14-9-3-4-9)19-11-5-2-8(13)6-10(11)15(17)18/h2,5-7,9H,3-4H2,1H3,(H,14,16). The Balaban J connectivity index is 2.08. The van der Waals surface area contributed by atoms with Crippen LogP contribution in [0.25, 0.3) is 0 Å². The van der Waals surface area contributed by atoms with Crippen molar-refractivity contribution >= 4 is 39.3 Å². The summed E-state index contributed by atoms with van der Waals surface area (Å²) in [6, 6.07) is 5.15. The second-order valence-corrected chi connectivity index (χ2v) is 6.71. The first-order valence-electron chi connectivity index (χ1n) is 5.88. The Hall–Kier alpha value is -1.08. The number of rotatable bonds is 5. The van der Waals surface area contributed by atoms with E-state index in [0.717, 1.165) is 12.8 Å². The normalized spacial score (nSPS) is 15.9. The third kappa shape index (κ3) is 3.94. The number of hydrogen-bond acceptors (Lipinski definition) is 4. The summed E-state index contributed by atoms with van der Waals surface area (Å²) in [6.07, 6.45) is 2.06. The summed E-state index contributed by atoms with van der Waals surface area (Å²) in [6.45, 7) is 1.76. The highest BCUT2D eigenvalue weighted by Gasteiger charge is 2.27. The van der Waals surface area contributed by atoms with E-state index in [2.05, 4.69) is 21.2 Å². The predicted molar refractivity (Wildman–Crippen MR) is 77.3 cm³/mol. The van der Waals surface area contributed by atoms with E-state index in [1.54, 1.807) is 19.1 Å². The zero-order valence-electron chi connectivity index (χ0n) is 10.3. The minimum atomic E-state index is -0.432. The predicted octanol–water partition coefficient (Wildman–Crippen LogP) is 3.12. The molecule has 5 nitrogen and oxygen atoms in total.